The number of Topliss-reactive ketones (excluding diaryl/α,β-unsaturated/α-hetero) is 2. The first kappa shape index (κ1) is 17.5. The van der Waals surface area contributed by atoms with Crippen molar-refractivity contribution in [1.82, 2.24) is 0 Å². The Balaban J connectivity index is 2.66. The lowest BCUT2D eigenvalue weighted by molar-refractivity contribution is -0.152. The molecule has 1 aromatic carbocycles. The number of hydrogen-bond acceptors (Lipinski definition) is 4. The van der Waals surface area contributed by atoms with Crippen LogP contribution in [0.25, 0.3) is 5.53 Å². The molecule has 0 aliphatic rings. The Labute approximate surface area is 128 Å². The maximum absolute atomic E-state index is 11.9. The number of carbonyl (C=O) groups excluding carboxylic acids is 3. The van der Waals surface area contributed by atoms with Gasteiger partial charge in [0.15, 0.2) is 5.78 Å². The third-order valence-corrected chi connectivity index (χ3v) is 2.63. The number of carbonyl (C=O) groups is 3. The standard InChI is InChI=1S/C16H18N2O4/c1-16(2,3)22-15(21)14(18-17)13(20)10-9-12(19)11-7-5-4-6-8-11/h4-8H,9-10H2,1-3H3. The van der Waals surface area contributed by atoms with Gasteiger partial charge in [-0.05, 0) is 20.8 Å². The molecule has 6 nitrogen and oxygen atoms in total. The van der Waals surface area contributed by atoms with Gasteiger partial charge in [-0.2, -0.15) is 4.79 Å². The molecule has 0 amide bonds. The molecule has 0 N–H and O–H groups in total. The topological polar surface area (TPSA) is 96.8 Å². The van der Waals surface area contributed by atoms with E-state index in [-0.39, 0.29) is 18.6 Å². The number of nitrogens with zero attached hydrogens (tertiary/aromatic N) is 2. The predicted molar refractivity (Wildman–Crippen MR) is 79.5 cm³/mol. The highest BCUT2D eigenvalue weighted by Crippen LogP contribution is 2.09. The molecule has 0 spiro atoms. The van der Waals surface area contributed by atoms with Gasteiger partial charge in [0.05, 0.1) is 0 Å². The summed E-state index contributed by atoms with van der Waals surface area (Å²) in [5.41, 5.74) is 7.80. The van der Waals surface area contributed by atoms with Gasteiger partial charge in [0, 0.05) is 18.4 Å². The average molecular weight is 302 g/mol. The van der Waals surface area contributed by atoms with Crippen LogP contribution in [-0.4, -0.2) is 33.6 Å². The van der Waals surface area contributed by atoms with Crippen LogP contribution < -0.4 is 0 Å². The van der Waals surface area contributed by atoms with Crippen molar-refractivity contribution in [3.63, 3.8) is 0 Å². The fraction of sp³-hybridized carbons (Fsp3) is 0.375. The SMILES string of the molecule is CC(C)(C)OC(=O)C(=[N+]=[N-])C(=O)CCC(=O)c1ccccc1. The molecule has 0 radical (unpaired) electrons. The molecule has 0 saturated heterocycles. The highest BCUT2D eigenvalue weighted by Gasteiger charge is 2.34. The van der Waals surface area contributed by atoms with E-state index in [9.17, 15) is 14.4 Å². The molecule has 6 heteroatoms. The van der Waals surface area contributed by atoms with E-state index in [4.69, 9.17) is 10.3 Å². The minimum absolute atomic E-state index is 0.0787. The maximum atomic E-state index is 11.9. The molecule has 0 aromatic heterocycles. The third-order valence-electron chi connectivity index (χ3n) is 2.63. The number of ether oxygens (including phenoxy) is 1. The molecule has 22 heavy (non-hydrogen) atoms. The van der Waals surface area contributed by atoms with Gasteiger partial charge in [0.1, 0.15) is 5.60 Å². The second-order valence-electron chi connectivity index (χ2n) is 5.66. The number of esters is 1. The van der Waals surface area contributed by atoms with Crippen LogP contribution >= 0.6 is 0 Å². The van der Waals surface area contributed by atoms with E-state index in [0.717, 1.165) is 0 Å². The van der Waals surface area contributed by atoms with Crippen LogP contribution in [0.5, 0.6) is 0 Å². The number of ketones is 2. The Hall–Kier alpha value is -2.59. The lowest BCUT2D eigenvalue weighted by Crippen LogP contribution is -2.34. The van der Waals surface area contributed by atoms with Crippen LogP contribution in [0.1, 0.15) is 44.0 Å². The zero-order valence-corrected chi connectivity index (χ0v) is 12.8. The molecule has 0 bridgehead atoms. The van der Waals surface area contributed by atoms with Crippen molar-refractivity contribution in [3.05, 3.63) is 41.4 Å². The minimum atomic E-state index is -1.01. The molecule has 0 unspecified atom stereocenters. The Morgan fingerprint density at radius 2 is 1.68 bits per heavy atom. The van der Waals surface area contributed by atoms with Gasteiger partial charge in [-0.3, -0.25) is 9.59 Å². The van der Waals surface area contributed by atoms with Crippen molar-refractivity contribution < 1.29 is 23.9 Å². The second kappa shape index (κ2) is 7.43. The smallest absolute Gasteiger partial charge is 0.441 e. The lowest BCUT2D eigenvalue weighted by Gasteiger charge is -2.17. The molecule has 1 rings (SSSR count). The summed E-state index contributed by atoms with van der Waals surface area (Å²) < 4.78 is 4.97. The van der Waals surface area contributed by atoms with Crippen molar-refractivity contribution in [2.75, 3.05) is 0 Å². The summed E-state index contributed by atoms with van der Waals surface area (Å²) in [4.78, 5) is 38.2. The van der Waals surface area contributed by atoms with E-state index in [0.29, 0.717) is 5.56 Å². The van der Waals surface area contributed by atoms with E-state index in [1.165, 1.54) is 0 Å². The van der Waals surface area contributed by atoms with Crippen LogP contribution in [0.2, 0.25) is 0 Å². The molecular weight excluding hydrogens is 284 g/mol. The fourth-order valence-corrected chi connectivity index (χ4v) is 1.65. The van der Waals surface area contributed by atoms with E-state index in [1.807, 2.05) is 0 Å². The predicted octanol–water partition coefficient (Wildman–Crippen LogP) is 2.23. The Morgan fingerprint density at radius 3 is 2.18 bits per heavy atom. The van der Waals surface area contributed by atoms with Crippen molar-refractivity contribution in [3.8, 4) is 0 Å². The quantitative estimate of drug-likeness (QED) is 0.201. The maximum Gasteiger partial charge on any atom is 0.441 e. The molecule has 0 atom stereocenters. The van der Waals surface area contributed by atoms with Gasteiger partial charge < -0.3 is 10.3 Å². The van der Waals surface area contributed by atoms with E-state index in [2.05, 4.69) is 4.79 Å². The van der Waals surface area contributed by atoms with Crippen molar-refractivity contribution >= 4 is 23.2 Å². The molecule has 0 aliphatic carbocycles. The molecule has 1 aromatic rings. The Bertz CT molecular complexity index is 623. The highest BCUT2D eigenvalue weighted by molar-refractivity contribution is 6.62. The molecule has 0 fully saturated rings. The summed E-state index contributed by atoms with van der Waals surface area (Å²) in [5.74, 6) is -1.97. The molecule has 116 valence electrons. The molecule has 0 aliphatic heterocycles. The van der Waals surface area contributed by atoms with Crippen LogP contribution in [0, 0.1) is 0 Å². The van der Waals surface area contributed by atoms with Crippen molar-refractivity contribution in [1.29, 1.82) is 0 Å². The monoisotopic (exact) mass is 302 g/mol. The number of rotatable bonds is 6. The summed E-state index contributed by atoms with van der Waals surface area (Å²) in [7, 11) is 0. The van der Waals surface area contributed by atoms with Gasteiger partial charge in [-0.1, -0.05) is 30.3 Å². The summed E-state index contributed by atoms with van der Waals surface area (Å²) in [5, 5.41) is 0. The summed E-state index contributed by atoms with van der Waals surface area (Å²) in [6.07, 6.45) is -0.309. The first-order valence-electron chi connectivity index (χ1n) is 6.81. The molecule has 0 saturated carbocycles. The van der Waals surface area contributed by atoms with Crippen molar-refractivity contribution in [2.45, 2.75) is 39.2 Å². The normalized spacial score (nSPS) is 10.5. The number of hydrogen-bond donors (Lipinski definition) is 0. The van der Waals surface area contributed by atoms with Crippen LogP contribution in [0.4, 0.5) is 0 Å². The summed E-state index contributed by atoms with van der Waals surface area (Å²) in [6.45, 7) is 4.88. The second-order valence-corrected chi connectivity index (χ2v) is 5.66. The van der Waals surface area contributed by atoms with Gasteiger partial charge >= 0.3 is 11.7 Å². The summed E-state index contributed by atoms with van der Waals surface area (Å²) in [6, 6.07) is 8.50. The van der Waals surface area contributed by atoms with E-state index < -0.39 is 23.1 Å². The van der Waals surface area contributed by atoms with Gasteiger partial charge in [-0.15, -0.1) is 0 Å². The van der Waals surface area contributed by atoms with Crippen LogP contribution in [0.3, 0.4) is 0 Å². The van der Waals surface area contributed by atoms with Crippen molar-refractivity contribution in [2.24, 2.45) is 0 Å². The lowest BCUT2D eigenvalue weighted by atomic mass is 10.0. The van der Waals surface area contributed by atoms with Gasteiger partial charge in [0.25, 0.3) is 5.78 Å². The van der Waals surface area contributed by atoms with E-state index in [1.54, 1.807) is 51.1 Å². The molecular formula is C16H18N2O4. The zero-order valence-electron chi connectivity index (χ0n) is 12.8. The van der Waals surface area contributed by atoms with Gasteiger partial charge in [0.2, 0.25) is 0 Å². The largest absolute Gasteiger partial charge is 0.451 e. The molecule has 0 heterocycles. The summed E-state index contributed by atoms with van der Waals surface area (Å²) >= 11 is 0. The van der Waals surface area contributed by atoms with E-state index >= 15 is 0 Å². The van der Waals surface area contributed by atoms with Gasteiger partial charge in [-0.25, -0.2) is 4.79 Å². The third kappa shape index (κ3) is 5.42. The van der Waals surface area contributed by atoms with Crippen LogP contribution in [0.15, 0.2) is 30.3 Å². The Kier molecular flexibility index (Phi) is 5.90. The minimum Gasteiger partial charge on any atom is -0.451 e. The first-order chi connectivity index (χ1) is 10.2. The first-order valence-corrected chi connectivity index (χ1v) is 6.81. The zero-order chi connectivity index (χ0) is 16.8. The average Bonchev–Trinajstić information content (AvgIpc) is 2.44. The fourth-order valence-electron chi connectivity index (χ4n) is 1.65. The Morgan fingerprint density at radius 1 is 1.09 bits per heavy atom. The van der Waals surface area contributed by atoms with Crippen LogP contribution in [-0.2, 0) is 14.3 Å². The number of benzene rings is 1. The highest BCUT2D eigenvalue weighted by atomic mass is 16.6.